The molecule has 0 fully saturated rings. The number of carbonyl (C=O) groups excluding carboxylic acids is 1. The Kier molecular flexibility index (Phi) is 5.63. The Bertz CT molecular complexity index is 411. The lowest BCUT2D eigenvalue weighted by Crippen LogP contribution is -2.32. The van der Waals surface area contributed by atoms with Gasteiger partial charge in [-0.25, -0.2) is 0 Å². The minimum Gasteiger partial charge on any atom is -0.345 e. The first-order chi connectivity index (χ1) is 7.95. The van der Waals surface area contributed by atoms with E-state index < -0.39 is 0 Å². The molecule has 0 aromatic heterocycles. The summed E-state index contributed by atoms with van der Waals surface area (Å²) in [5, 5.41) is 1.08. The van der Waals surface area contributed by atoms with Crippen molar-refractivity contribution in [2.45, 2.75) is 24.0 Å². The van der Waals surface area contributed by atoms with Gasteiger partial charge in [0.1, 0.15) is 0 Å². The Hall–Kier alpha value is -0.380. The lowest BCUT2D eigenvalue weighted by molar-refractivity contribution is -0.128. The largest absolute Gasteiger partial charge is 0.345 e. The second-order valence-electron chi connectivity index (χ2n) is 3.69. The fourth-order valence-electron chi connectivity index (χ4n) is 1.27. The second kappa shape index (κ2) is 6.53. The van der Waals surface area contributed by atoms with Gasteiger partial charge < -0.3 is 4.90 Å². The molecule has 5 heteroatoms. The SMILES string of the molecule is CCN(C)C(=O)C(C)Sc1cc(Cl)ccc1Cl. The Morgan fingerprint density at radius 1 is 1.47 bits per heavy atom. The van der Waals surface area contributed by atoms with Crippen LogP contribution in [0.25, 0.3) is 0 Å². The van der Waals surface area contributed by atoms with Crippen molar-refractivity contribution in [1.29, 1.82) is 0 Å². The molecule has 94 valence electrons. The molecular weight excluding hydrogens is 277 g/mol. The van der Waals surface area contributed by atoms with E-state index in [4.69, 9.17) is 23.2 Å². The fourth-order valence-corrected chi connectivity index (χ4v) is 2.80. The van der Waals surface area contributed by atoms with Crippen molar-refractivity contribution in [3.63, 3.8) is 0 Å². The maximum Gasteiger partial charge on any atom is 0.235 e. The fraction of sp³-hybridized carbons (Fsp3) is 0.417. The quantitative estimate of drug-likeness (QED) is 0.783. The molecule has 1 rings (SSSR count). The van der Waals surface area contributed by atoms with Gasteiger partial charge in [0.15, 0.2) is 0 Å². The summed E-state index contributed by atoms with van der Waals surface area (Å²) in [5.74, 6) is 0.0912. The number of rotatable bonds is 4. The first-order valence-corrected chi connectivity index (χ1v) is 6.96. The summed E-state index contributed by atoms with van der Waals surface area (Å²) in [4.78, 5) is 14.4. The lowest BCUT2D eigenvalue weighted by atomic mass is 10.4. The molecule has 1 atom stereocenters. The summed E-state index contributed by atoms with van der Waals surface area (Å²) >= 11 is 13.4. The highest BCUT2D eigenvalue weighted by Gasteiger charge is 2.18. The van der Waals surface area contributed by atoms with Gasteiger partial charge in [0.25, 0.3) is 0 Å². The van der Waals surface area contributed by atoms with Gasteiger partial charge in [-0.2, -0.15) is 0 Å². The molecule has 0 N–H and O–H groups in total. The van der Waals surface area contributed by atoms with E-state index >= 15 is 0 Å². The van der Waals surface area contributed by atoms with Crippen LogP contribution >= 0.6 is 35.0 Å². The Labute approximate surface area is 116 Å². The van der Waals surface area contributed by atoms with Gasteiger partial charge in [-0.15, -0.1) is 11.8 Å². The molecule has 17 heavy (non-hydrogen) atoms. The summed E-state index contributed by atoms with van der Waals surface area (Å²) in [7, 11) is 1.79. The molecule has 1 aromatic carbocycles. The number of benzene rings is 1. The van der Waals surface area contributed by atoms with E-state index in [1.165, 1.54) is 11.8 Å². The summed E-state index contributed by atoms with van der Waals surface area (Å²) in [6.45, 7) is 4.52. The summed E-state index contributed by atoms with van der Waals surface area (Å²) in [6, 6.07) is 5.26. The van der Waals surface area contributed by atoms with Crippen molar-refractivity contribution in [2.24, 2.45) is 0 Å². The van der Waals surface area contributed by atoms with E-state index in [1.54, 1.807) is 30.1 Å². The van der Waals surface area contributed by atoms with Gasteiger partial charge in [0.05, 0.1) is 10.3 Å². The Morgan fingerprint density at radius 3 is 2.71 bits per heavy atom. The van der Waals surface area contributed by atoms with Crippen LogP contribution in [-0.2, 0) is 4.79 Å². The smallest absolute Gasteiger partial charge is 0.235 e. The lowest BCUT2D eigenvalue weighted by Gasteiger charge is -2.19. The van der Waals surface area contributed by atoms with Crippen molar-refractivity contribution in [3.05, 3.63) is 28.2 Å². The van der Waals surface area contributed by atoms with Gasteiger partial charge in [-0.3, -0.25) is 4.79 Å². The molecule has 0 radical (unpaired) electrons. The van der Waals surface area contributed by atoms with Gasteiger partial charge in [0.2, 0.25) is 5.91 Å². The van der Waals surface area contributed by atoms with Crippen molar-refractivity contribution in [2.75, 3.05) is 13.6 Å². The topological polar surface area (TPSA) is 20.3 Å². The molecule has 0 aliphatic rings. The predicted octanol–water partition coefficient (Wildman–Crippen LogP) is 3.95. The number of hydrogen-bond acceptors (Lipinski definition) is 2. The normalized spacial score (nSPS) is 12.3. The van der Waals surface area contributed by atoms with Crippen LogP contribution in [0, 0.1) is 0 Å². The van der Waals surface area contributed by atoms with E-state index in [9.17, 15) is 4.79 Å². The van der Waals surface area contributed by atoms with Crippen LogP contribution in [0.3, 0.4) is 0 Å². The van der Waals surface area contributed by atoms with Crippen LogP contribution in [0.1, 0.15) is 13.8 Å². The van der Waals surface area contributed by atoms with Crippen LogP contribution in [0.15, 0.2) is 23.1 Å². The van der Waals surface area contributed by atoms with Gasteiger partial charge in [-0.1, -0.05) is 23.2 Å². The molecule has 0 saturated carbocycles. The zero-order valence-electron chi connectivity index (χ0n) is 10.0. The molecular formula is C12H15Cl2NOS. The number of halogens is 2. The minimum atomic E-state index is -0.170. The highest BCUT2D eigenvalue weighted by Crippen LogP contribution is 2.33. The first-order valence-electron chi connectivity index (χ1n) is 5.32. The minimum absolute atomic E-state index is 0.0912. The highest BCUT2D eigenvalue weighted by atomic mass is 35.5. The van der Waals surface area contributed by atoms with E-state index in [1.807, 2.05) is 13.8 Å². The predicted molar refractivity (Wildman–Crippen MR) is 75.1 cm³/mol. The first kappa shape index (κ1) is 14.7. The number of amides is 1. The van der Waals surface area contributed by atoms with Crippen molar-refractivity contribution in [1.82, 2.24) is 4.90 Å². The standard InChI is InChI=1S/C12H15Cl2NOS/c1-4-15(3)12(16)8(2)17-11-7-9(13)5-6-10(11)14/h5-8H,4H2,1-3H3. The number of nitrogens with zero attached hydrogens (tertiary/aromatic N) is 1. The molecule has 0 heterocycles. The maximum atomic E-state index is 11.9. The van der Waals surface area contributed by atoms with Crippen LogP contribution in [-0.4, -0.2) is 29.6 Å². The maximum absolute atomic E-state index is 11.9. The summed E-state index contributed by atoms with van der Waals surface area (Å²) < 4.78 is 0. The molecule has 0 bridgehead atoms. The van der Waals surface area contributed by atoms with Gasteiger partial charge in [0, 0.05) is 23.5 Å². The molecule has 1 amide bonds. The molecule has 1 aromatic rings. The van der Waals surface area contributed by atoms with Gasteiger partial charge >= 0.3 is 0 Å². The molecule has 0 spiro atoms. The average Bonchev–Trinajstić information content (AvgIpc) is 2.31. The Balaban J connectivity index is 2.77. The highest BCUT2D eigenvalue weighted by molar-refractivity contribution is 8.00. The number of thioether (sulfide) groups is 1. The molecule has 2 nitrogen and oxygen atoms in total. The van der Waals surface area contributed by atoms with Crippen molar-refractivity contribution >= 4 is 40.9 Å². The molecule has 1 unspecified atom stereocenters. The monoisotopic (exact) mass is 291 g/mol. The molecule has 0 aliphatic heterocycles. The number of hydrogen-bond donors (Lipinski definition) is 0. The van der Waals surface area contributed by atoms with Crippen LogP contribution in [0.2, 0.25) is 10.0 Å². The van der Waals surface area contributed by atoms with E-state index in [0.29, 0.717) is 16.6 Å². The molecule has 0 aliphatic carbocycles. The third-order valence-electron chi connectivity index (χ3n) is 2.40. The Morgan fingerprint density at radius 2 is 2.12 bits per heavy atom. The summed E-state index contributed by atoms with van der Waals surface area (Å²) in [6.07, 6.45) is 0. The van der Waals surface area contributed by atoms with Crippen LogP contribution in [0.4, 0.5) is 0 Å². The zero-order chi connectivity index (χ0) is 13.0. The number of carbonyl (C=O) groups is 1. The van der Waals surface area contributed by atoms with E-state index in [-0.39, 0.29) is 11.2 Å². The van der Waals surface area contributed by atoms with Gasteiger partial charge in [-0.05, 0) is 32.0 Å². The average molecular weight is 292 g/mol. The summed E-state index contributed by atoms with van der Waals surface area (Å²) in [5.41, 5.74) is 0. The second-order valence-corrected chi connectivity index (χ2v) is 5.91. The van der Waals surface area contributed by atoms with Crippen LogP contribution < -0.4 is 0 Å². The molecule has 0 saturated heterocycles. The third-order valence-corrected chi connectivity index (χ3v) is 4.22. The van der Waals surface area contributed by atoms with Crippen molar-refractivity contribution in [3.8, 4) is 0 Å². The third kappa shape index (κ3) is 4.09. The van der Waals surface area contributed by atoms with E-state index in [0.717, 1.165) is 4.90 Å². The van der Waals surface area contributed by atoms with Crippen LogP contribution in [0.5, 0.6) is 0 Å². The zero-order valence-corrected chi connectivity index (χ0v) is 12.4. The van der Waals surface area contributed by atoms with Crippen molar-refractivity contribution < 1.29 is 4.79 Å². The van der Waals surface area contributed by atoms with E-state index in [2.05, 4.69) is 0 Å².